The van der Waals surface area contributed by atoms with Crippen molar-refractivity contribution in [3.8, 4) is 0 Å². The van der Waals surface area contributed by atoms with Crippen LogP contribution in [-0.4, -0.2) is 24.2 Å². The Labute approximate surface area is 137 Å². The molecule has 23 heavy (non-hydrogen) atoms. The third-order valence-electron chi connectivity index (χ3n) is 4.01. The van der Waals surface area contributed by atoms with Crippen LogP contribution >= 0.6 is 0 Å². The number of aliphatic hydroxyl groups is 1. The van der Waals surface area contributed by atoms with E-state index in [0.717, 1.165) is 22.4 Å². The molecule has 0 bridgehead atoms. The first-order valence-corrected chi connectivity index (χ1v) is 7.87. The average molecular weight is 312 g/mol. The van der Waals surface area contributed by atoms with E-state index in [2.05, 4.69) is 10.6 Å². The quantitative estimate of drug-likeness (QED) is 0.736. The van der Waals surface area contributed by atoms with Crippen LogP contribution in [0.3, 0.4) is 0 Å². The zero-order valence-corrected chi connectivity index (χ0v) is 13.7. The van der Waals surface area contributed by atoms with Gasteiger partial charge in [0.2, 0.25) is 5.91 Å². The molecule has 0 aliphatic carbocycles. The average Bonchev–Trinajstić information content (AvgIpc) is 2.56. The van der Waals surface area contributed by atoms with Gasteiger partial charge >= 0.3 is 0 Å². The lowest BCUT2D eigenvalue weighted by Crippen LogP contribution is -2.32. The minimum absolute atomic E-state index is 0.0365. The predicted octanol–water partition coefficient (Wildman–Crippen LogP) is 2.96. The largest absolute Gasteiger partial charge is 0.396 e. The maximum Gasteiger partial charge on any atom is 0.238 e. The molecule has 1 unspecified atom stereocenters. The number of aliphatic hydroxyl groups excluding tert-OH is 1. The molecule has 4 nitrogen and oxygen atoms in total. The highest BCUT2D eigenvalue weighted by molar-refractivity contribution is 5.93. The minimum Gasteiger partial charge on any atom is -0.396 e. The molecular formula is C19H24N2O2. The molecule has 1 atom stereocenters. The Kier molecular flexibility index (Phi) is 6.32. The topological polar surface area (TPSA) is 61.4 Å². The Hall–Kier alpha value is -2.17. The van der Waals surface area contributed by atoms with Crippen molar-refractivity contribution in [3.05, 3.63) is 65.2 Å². The van der Waals surface area contributed by atoms with Gasteiger partial charge in [0.15, 0.2) is 0 Å². The Morgan fingerprint density at radius 2 is 1.83 bits per heavy atom. The van der Waals surface area contributed by atoms with Crippen molar-refractivity contribution in [2.45, 2.75) is 26.3 Å². The number of carbonyl (C=O) groups is 1. The van der Waals surface area contributed by atoms with E-state index in [1.165, 1.54) is 0 Å². The highest BCUT2D eigenvalue weighted by atomic mass is 16.3. The van der Waals surface area contributed by atoms with Gasteiger partial charge in [0.25, 0.3) is 0 Å². The van der Waals surface area contributed by atoms with Gasteiger partial charge in [0, 0.05) is 18.3 Å². The molecule has 122 valence electrons. The summed E-state index contributed by atoms with van der Waals surface area (Å²) in [5, 5.41) is 15.4. The van der Waals surface area contributed by atoms with Crippen LogP contribution in [0.15, 0.2) is 48.5 Å². The smallest absolute Gasteiger partial charge is 0.238 e. The van der Waals surface area contributed by atoms with Crippen LogP contribution < -0.4 is 10.6 Å². The number of carbonyl (C=O) groups excluding carboxylic acids is 1. The van der Waals surface area contributed by atoms with Crippen LogP contribution in [0.4, 0.5) is 5.69 Å². The first kappa shape index (κ1) is 17.2. The number of aryl methyl sites for hydroxylation is 1. The van der Waals surface area contributed by atoms with Crippen molar-refractivity contribution in [1.82, 2.24) is 5.32 Å². The SMILES string of the molecule is Cc1cccc(NC(=O)CNC(CCO)c2ccccc2)c1C. The van der Waals surface area contributed by atoms with Gasteiger partial charge in [-0.05, 0) is 43.0 Å². The first-order valence-electron chi connectivity index (χ1n) is 7.87. The zero-order valence-electron chi connectivity index (χ0n) is 13.7. The molecule has 0 saturated heterocycles. The van der Waals surface area contributed by atoms with Gasteiger partial charge in [-0.2, -0.15) is 0 Å². The molecule has 2 aromatic rings. The van der Waals surface area contributed by atoms with Gasteiger partial charge in [0.1, 0.15) is 0 Å². The van der Waals surface area contributed by atoms with Crippen LogP contribution in [0.2, 0.25) is 0 Å². The van der Waals surface area contributed by atoms with Gasteiger partial charge in [-0.3, -0.25) is 4.79 Å². The summed E-state index contributed by atoms with van der Waals surface area (Å²) < 4.78 is 0. The lowest BCUT2D eigenvalue weighted by molar-refractivity contribution is -0.115. The molecule has 0 aromatic heterocycles. The molecule has 0 fully saturated rings. The fraction of sp³-hybridized carbons (Fsp3) is 0.316. The zero-order chi connectivity index (χ0) is 16.7. The van der Waals surface area contributed by atoms with Crippen molar-refractivity contribution in [2.75, 3.05) is 18.5 Å². The molecule has 0 aliphatic heterocycles. The molecule has 4 heteroatoms. The van der Waals surface area contributed by atoms with Gasteiger partial charge in [-0.1, -0.05) is 42.5 Å². The Morgan fingerprint density at radius 3 is 2.52 bits per heavy atom. The minimum atomic E-state index is -0.0856. The number of amides is 1. The maximum absolute atomic E-state index is 12.2. The van der Waals surface area contributed by atoms with E-state index >= 15 is 0 Å². The van der Waals surface area contributed by atoms with Crippen LogP contribution in [0, 0.1) is 13.8 Å². The molecular weight excluding hydrogens is 288 g/mol. The summed E-state index contributed by atoms with van der Waals surface area (Å²) in [7, 11) is 0. The number of rotatable bonds is 7. The summed E-state index contributed by atoms with van der Waals surface area (Å²) in [6.07, 6.45) is 0.570. The van der Waals surface area contributed by atoms with Crippen molar-refractivity contribution in [2.24, 2.45) is 0 Å². The standard InChI is InChI=1S/C19H24N2O2/c1-14-7-6-10-17(15(14)2)21-19(23)13-20-18(11-12-22)16-8-4-3-5-9-16/h3-10,18,20,22H,11-13H2,1-2H3,(H,21,23). The van der Waals surface area contributed by atoms with E-state index < -0.39 is 0 Å². The fourth-order valence-corrected chi connectivity index (χ4v) is 2.50. The fourth-order valence-electron chi connectivity index (χ4n) is 2.50. The summed E-state index contributed by atoms with van der Waals surface area (Å²) in [4.78, 5) is 12.2. The Balaban J connectivity index is 1.95. The Morgan fingerprint density at radius 1 is 1.09 bits per heavy atom. The molecule has 0 spiro atoms. The van der Waals surface area contributed by atoms with Gasteiger partial charge < -0.3 is 15.7 Å². The molecule has 2 aromatic carbocycles. The van der Waals surface area contributed by atoms with Crippen LogP contribution in [-0.2, 0) is 4.79 Å². The van der Waals surface area contributed by atoms with E-state index in [0.29, 0.717) is 6.42 Å². The number of anilines is 1. The predicted molar refractivity (Wildman–Crippen MR) is 93.4 cm³/mol. The molecule has 0 saturated carbocycles. The number of hydrogen-bond donors (Lipinski definition) is 3. The van der Waals surface area contributed by atoms with E-state index in [9.17, 15) is 9.90 Å². The van der Waals surface area contributed by atoms with Gasteiger partial charge in [0.05, 0.1) is 6.54 Å². The molecule has 0 aliphatic rings. The van der Waals surface area contributed by atoms with Crippen molar-refractivity contribution >= 4 is 11.6 Å². The number of hydrogen-bond acceptors (Lipinski definition) is 3. The third-order valence-corrected chi connectivity index (χ3v) is 4.01. The number of nitrogens with one attached hydrogen (secondary N) is 2. The van der Waals surface area contributed by atoms with Crippen molar-refractivity contribution < 1.29 is 9.90 Å². The van der Waals surface area contributed by atoms with Crippen molar-refractivity contribution in [1.29, 1.82) is 0 Å². The van der Waals surface area contributed by atoms with E-state index in [1.54, 1.807) is 0 Å². The van der Waals surface area contributed by atoms with Crippen LogP contribution in [0.25, 0.3) is 0 Å². The summed E-state index contributed by atoms with van der Waals surface area (Å²) in [5.41, 5.74) is 4.14. The first-order chi connectivity index (χ1) is 11.1. The lowest BCUT2D eigenvalue weighted by atomic mass is 10.0. The second kappa shape index (κ2) is 8.46. The summed E-state index contributed by atoms with van der Waals surface area (Å²) in [6, 6.07) is 15.7. The Bertz CT molecular complexity index is 641. The van der Waals surface area contributed by atoms with Crippen LogP contribution in [0.5, 0.6) is 0 Å². The molecule has 3 N–H and O–H groups in total. The second-order valence-electron chi connectivity index (χ2n) is 5.65. The van der Waals surface area contributed by atoms with E-state index in [-0.39, 0.29) is 25.1 Å². The second-order valence-corrected chi connectivity index (χ2v) is 5.65. The molecule has 1 amide bonds. The maximum atomic E-state index is 12.2. The van der Waals surface area contributed by atoms with E-state index in [1.807, 2.05) is 62.4 Å². The third kappa shape index (κ3) is 4.91. The molecule has 0 radical (unpaired) electrons. The summed E-state index contributed by atoms with van der Waals surface area (Å²) >= 11 is 0. The molecule has 2 rings (SSSR count). The molecule has 0 heterocycles. The van der Waals surface area contributed by atoms with Gasteiger partial charge in [-0.15, -0.1) is 0 Å². The highest BCUT2D eigenvalue weighted by Crippen LogP contribution is 2.18. The summed E-state index contributed by atoms with van der Waals surface area (Å²) in [6.45, 7) is 4.30. The summed E-state index contributed by atoms with van der Waals surface area (Å²) in [5.74, 6) is -0.0856. The van der Waals surface area contributed by atoms with E-state index in [4.69, 9.17) is 0 Å². The van der Waals surface area contributed by atoms with Crippen molar-refractivity contribution in [3.63, 3.8) is 0 Å². The van der Waals surface area contributed by atoms with Gasteiger partial charge in [-0.25, -0.2) is 0 Å². The normalized spacial score (nSPS) is 12.0. The van der Waals surface area contributed by atoms with Crippen LogP contribution in [0.1, 0.15) is 29.2 Å². The monoisotopic (exact) mass is 312 g/mol. The lowest BCUT2D eigenvalue weighted by Gasteiger charge is -2.18. The highest BCUT2D eigenvalue weighted by Gasteiger charge is 2.12. The number of benzene rings is 2.